The minimum atomic E-state index is -2.49. The van der Waals surface area contributed by atoms with Crippen LogP contribution in [-0.2, 0) is 10.3 Å². The molecule has 1 aliphatic heterocycles. The van der Waals surface area contributed by atoms with Crippen molar-refractivity contribution in [1.29, 1.82) is 0 Å². The van der Waals surface area contributed by atoms with Gasteiger partial charge >= 0.3 is 0 Å². The molecule has 1 aromatic rings. The number of hydrogen-bond acceptors (Lipinski definition) is 3. The molecule has 0 aromatic heterocycles. The Morgan fingerprint density at radius 3 is 2.36 bits per heavy atom. The van der Waals surface area contributed by atoms with Crippen molar-refractivity contribution in [2.75, 3.05) is 20.2 Å². The Balaban J connectivity index is 1.61. The number of nitrogens with zero attached hydrogens (tertiary/aromatic N) is 1. The van der Waals surface area contributed by atoms with Gasteiger partial charge in [-0.15, -0.1) is 0 Å². The first-order valence-electron chi connectivity index (χ1n) is 10.4. The largest absolute Gasteiger partial charge is 0.373 e. The molecular formula is C22H30F2N2O2. The van der Waals surface area contributed by atoms with Gasteiger partial charge in [-0.3, -0.25) is 9.69 Å². The van der Waals surface area contributed by atoms with Gasteiger partial charge in [0, 0.05) is 56.5 Å². The van der Waals surface area contributed by atoms with Gasteiger partial charge in [0.25, 0.3) is 0 Å². The summed E-state index contributed by atoms with van der Waals surface area (Å²) in [5, 5.41) is 0. The lowest BCUT2D eigenvalue weighted by Gasteiger charge is -2.57. The van der Waals surface area contributed by atoms with Crippen LogP contribution >= 0.6 is 0 Å². The SMILES string of the molecule is COC1(c2cccc(C(N)=O)c2)[C@@H]2CCC[C@H]1CN(C1CCC(F)(F)CC1)C2. The number of hydrogen-bond donors (Lipinski definition) is 1. The van der Waals surface area contributed by atoms with E-state index in [1.54, 1.807) is 13.2 Å². The number of carbonyl (C=O) groups excluding carboxylic acids is 1. The molecule has 4 nitrogen and oxygen atoms in total. The van der Waals surface area contributed by atoms with Crippen molar-refractivity contribution in [2.45, 2.75) is 62.5 Å². The standard InChI is InChI=1S/C22H30F2N2O2/c1-28-22(16-5-2-4-15(12-16)20(25)27)17-6-3-7-18(22)14-26(13-17)19-8-10-21(23,24)11-9-19/h2,4-5,12,17-19H,3,6-11,13-14H2,1H3,(H2,25,27)/t17-,18+,22?. The molecule has 2 bridgehead atoms. The van der Waals surface area contributed by atoms with Crippen molar-refractivity contribution in [3.05, 3.63) is 35.4 Å². The smallest absolute Gasteiger partial charge is 0.248 e. The number of rotatable bonds is 4. The lowest BCUT2D eigenvalue weighted by molar-refractivity contribution is -0.178. The highest BCUT2D eigenvalue weighted by Gasteiger charge is 2.54. The summed E-state index contributed by atoms with van der Waals surface area (Å²) in [6, 6.07) is 7.78. The van der Waals surface area contributed by atoms with Gasteiger partial charge in [-0.1, -0.05) is 18.6 Å². The molecule has 6 heteroatoms. The molecular weight excluding hydrogens is 362 g/mol. The Kier molecular flexibility index (Phi) is 5.21. The summed E-state index contributed by atoms with van der Waals surface area (Å²) in [6.45, 7) is 1.72. The first-order chi connectivity index (χ1) is 13.4. The number of alkyl halides is 2. The van der Waals surface area contributed by atoms with Gasteiger partial charge < -0.3 is 10.5 Å². The quantitative estimate of drug-likeness (QED) is 0.845. The number of piperidine rings is 1. The van der Waals surface area contributed by atoms with Crippen molar-refractivity contribution < 1.29 is 18.3 Å². The summed E-state index contributed by atoms with van der Waals surface area (Å²) < 4.78 is 33.4. The van der Waals surface area contributed by atoms with Crippen molar-refractivity contribution >= 4 is 5.91 Å². The van der Waals surface area contributed by atoms with E-state index in [-0.39, 0.29) is 30.7 Å². The predicted octanol–water partition coefficient (Wildman–Crippen LogP) is 3.94. The highest BCUT2D eigenvalue weighted by molar-refractivity contribution is 5.92. The fourth-order valence-corrected chi connectivity index (χ4v) is 5.99. The van der Waals surface area contributed by atoms with E-state index in [1.165, 1.54) is 0 Å². The van der Waals surface area contributed by atoms with Gasteiger partial charge in [0.2, 0.25) is 11.8 Å². The molecule has 0 spiro atoms. The van der Waals surface area contributed by atoms with Crippen LogP contribution in [0, 0.1) is 11.8 Å². The monoisotopic (exact) mass is 392 g/mol. The summed E-state index contributed by atoms with van der Waals surface area (Å²) >= 11 is 0. The third-order valence-corrected chi connectivity index (χ3v) is 7.37. The van der Waals surface area contributed by atoms with Gasteiger partial charge in [0.1, 0.15) is 5.60 Å². The molecule has 28 heavy (non-hydrogen) atoms. The number of halogens is 2. The molecule has 3 aliphatic rings. The van der Waals surface area contributed by atoms with Crippen LogP contribution in [0.1, 0.15) is 60.9 Å². The van der Waals surface area contributed by atoms with E-state index in [4.69, 9.17) is 10.5 Å². The maximum Gasteiger partial charge on any atom is 0.248 e. The summed E-state index contributed by atoms with van der Waals surface area (Å²) in [6.07, 6.45) is 4.40. The van der Waals surface area contributed by atoms with Crippen LogP contribution < -0.4 is 5.73 Å². The first kappa shape index (κ1) is 19.8. The third-order valence-electron chi connectivity index (χ3n) is 7.37. The molecule has 1 heterocycles. The number of methoxy groups -OCH3 is 1. The fourth-order valence-electron chi connectivity index (χ4n) is 5.99. The average molecular weight is 392 g/mol. The van der Waals surface area contributed by atoms with Crippen LogP contribution in [0.15, 0.2) is 24.3 Å². The lowest BCUT2D eigenvalue weighted by Crippen LogP contribution is -2.61. The Labute approximate surface area is 165 Å². The highest BCUT2D eigenvalue weighted by Crippen LogP contribution is 2.52. The van der Waals surface area contributed by atoms with Crippen molar-refractivity contribution in [3.8, 4) is 0 Å². The van der Waals surface area contributed by atoms with E-state index in [1.807, 2.05) is 18.2 Å². The zero-order chi connectivity index (χ0) is 19.9. The zero-order valence-corrected chi connectivity index (χ0v) is 16.5. The molecule has 0 radical (unpaired) electrons. The van der Waals surface area contributed by atoms with Gasteiger partial charge in [-0.25, -0.2) is 8.78 Å². The van der Waals surface area contributed by atoms with E-state index in [0.29, 0.717) is 18.4 Å². The Hall–Kier alpha value is -1.53. The number of likely N-dealkylation sites (tertiary alicyclic amines) is 1. The first-order valence-corrected chi connectivity index (χ1v) is 10.4. The van der Waals surface area contributed by atoms with Crippen LogP contribution in [0.3, 0.4) is 0 Å². The molecule has 1 amide bonds. The number of nitrogens with two attached hydrogens (primary N) is 1. The molecule has 154 valence electrons. The Bertz CT molecular complexity index is 715. The number of amides is 1. The maximum absolute atomic E-state index is 13.6. The molecule has 2 N–H and O–H groups in total. The van der Waals surface area contributed by atoms with Crippen molar-refractivity contribution in [3.63, 3.8) is 0 Å². The molecule has 3 atom stereocenters. The van der Waals surface area contributed by atoms with E-state index in [0.717, 1.165) is 37.9 Å². The van der Waals surface area contributed by atoms with Crippen molar-refractivity contribution in [1.82, 2.24) is 4.90 Å². The maximum atomic E-state index is 13.6. The normalized spacial score (nSPS) is 33.5. The van der Waals surface area contributed by atoms with E-state index >= 15 is 0 Å². The van der Waals surface area contributed by atoms with Crippen LogP contribution in [0.4, 0.5) is 8.78 Å². The Morgan fingerprint density at radius 1 is 1.14 bits per heavy atom. The van der Waals surface area contributed by atoms with Crippen LogP contribution in [0.25, 0.3) is 0 Å². The second-order valence-corrected chi connectivity index (χ2v) is 8.81. The van der Waals surface area contributed by atoms with Crippen LogP contribution in [0.2, 0.25) is 0 Å². The minimum absolute atomic E-state index is 0.000419. The fraction of sp³-hybridized carbons (Fsp3) is 0.682. The van der Waals surface area contributed by atoms with Gasteiger partial charge in [-0.05, 0) is 43.4 Å². The molecule has 1 unspecified atom stereocenters. The minimum Gasteiger partial charge on any atom is -0.373 e. The second-order valence-electron chi connectivity index (χ2n) is 8.81. The lowest BCUT2D eigenvalue weighted by atomic mass is 9.62. The van der Waals surface area contributed by atoms with E-state index in [2.05, 4.69) is 4.90 Å². The summed E-state index contributed by atoms with van der Waals surface area (Å²) in [5.41, 5.74) is 6.60. The van der Waals surface area contributed by atoms with E-state index < -0.39 is 17.4 Å². The van der Waals surface area contributed by atoms with Crippen molar-refractivity contribution in [2.24, 2.45) is 17.6 Å². The number of ether oxygens (including phenoxy) is 1. The average Bonchev–Trinajstić information content (AvgIpc) is 2.67. The molecule has 1 saturated heterocycles. The molecule has 2 aliphatic carbocycles. The van der Waals surface area contributed by atoms with Crippen LogP contribution in [-0.4, -0.2) is 43.0 Å². The summed E-state index contributed by atoms with van der Waals surface area (Å²) in [7, 11) is 1.76. The summed E-state index contributed by atoms with van der Waals surface area (Å²) in [4.78, 5) is 14.1. The highest BCUT2D eigenvalue weighted by atomic mass is 19.3. The van der Waals surface area contributed by atoms with Crippen LogP contribution in [0.5, 0.6) is 0 Å². The van der Waals surface area contributed by atoms with Gasteiger partial charge in [-0.2, -0.15) is 0 Å². The molecule has 4 rings (SSSR count). The molecule has 3 fully saturated rings. The summed E-state index contributed by atoms with van der Waals surface area (Å²) in [5.74, 6) is -2.35. The number of benzene rings is 1. The zero-order valence-electron chi connectivity index (χ0n) is 16.5. The molecule has 2 saturated carbocycles. The number of carbonyl (C=O) groups is 1. The van der Waals surface area contributed by atoms with E-state index in [9.17, 15) is 13.6 Å². The topological polar surface area (TPSA) is 55.6 Å². The predicted molar refractivity (Wildman–Crippen MR) is 103 cm³/mol. The second kappa shape index (κ2) is 7.38. The van der Waals surface area contributed by atoms with Gasteiger partial charge in [0.05, 0.1) is 0 Å². The number of fused-ring (bicyclic) bond motifs is 2. The Morgan fingerprint density at radius 2 is 1.79 bits per heavy atom. The van der Waals surface area contributed by atoms with Gasteiger partial charge in [0.15, 0.2) is 0 Å². The third kappa shape index (κ3) is 3.35. The number of primary amides is 1. The molecule has 1 aromatic carbocycles.